The second-order valence-corrected chi connectivity index (χ2v) is 5.07. The first-order chi connectivity index (χ1) is 11.9. The normalized spacial score (nSPS) is 10.5. The van der Waals surface area contributed by atoms with E-state index < -0.39 is 16.7 Å². The fourth-order valence-electron chi connectivity index (χ4n) is 1.94. The summed E-state index contributed by atoms with van der Waals surface area (Å²) in [6.45, 7) is 1.31. The van der Waals surface area contributed by atoms with Crippen molar-refractivity contribution in [3.05, 3.63) is 45.0 Å². The van der Waals surface area contributed by atoms with E-state index in [0.29, 0.717) is 0 Å². The Kier molecular flexibility index (Phi) is 5.78. The van der Waals surface area contributed by atoms with Gasteiger partial charge >= 0.3 is 5.97 Å². The predicted molar refractivity (Wildman–Crippen MR) is 85.2 cm³/mol. The SMILES string of the molecule is CCOC(=O)c1nc(C(=O)COC)nn1-c1cc(Cl)ccc1[N+](=O)[O-]. The molecule has 0 aliphatic rings. The van der Waals surface area contributed by atoms with Crippen LogP contribution in [0.15, 0.2) is 18.2 Å². The van der Waals surface area contributed by atoms with E-state index in [0.717, 1.165) is 10.7 Å². The van der Waals surface area contributed by atoms with Crippen molar-refractivity contribution in [3.8, 4) is 5.69 Å². The molecule has 0 saturated carbocycles. The van der Waals surface area contributed by atoms with Gasteiger partial charge in [0.1, 0.15) is 12.3 Å². The molecular formula is C14H13ClN4O6. The molecule has 0 atom stereocenters. The maximum Gasteiger partial charge on any atom is 0.376 e. The zero-order valence-electron chi connectivity index (χ0n) is 13.3. The van der Waals surface area contributed by atoms with Crippen LogP contribution in [-0.2, 0) is 9.47 Å². The van der Waals surface area contributed by atoms with Crippen LogP contribution >= 0.6 is 11.6 Å². The lowest BCUT2D eigenvalue weighted by Gasteiger charge is -2.06. The average Bonchev–Trinajstić information content (AvgIpc) is 3.00. The summed E-state index contributed by atoms with van der Waals surface area (Å²) in [5.74, 6) is -2.21. The minimum Gasteiger partial charge on any atom is -0.460 e. The largest absolute Gasteiger partial charge is 0.460 e. The summed E-state index contributed by atoms with van der Waals surface area (Å²) in [5.41, 5.74) is -0.491. The lowest BCUT2D eigenvalue weighted by molar-refractivity contribution is -0.384. The molecule has 10 nitrogen and oxygen atoms in total. The number of ether oxygens (including phenoxy) is 2. The number of carbonyl (C=O) groups excluding carboxylic acids is 2. The fraction of sp³-hybridized carbons (Fsp3) is 0.286. The van der Waals surface area contributed by atoms with Gasteiger partial charge in [-0.1, -0.05) is 11.6 Å². The Bertz CT molecular complexity index is 835. The molecule has 2 rings (SSSR count). The molecule has 0 bridgehead atoms. The Morgan fingerprint density at radius 1 is 1.40 bits per heavy atom. The van der Waals surface area contributed by atoms with Crippen molar-refractivity contribution in [2.75, 3.05) is 20.3 Å². The number of benzene rings is 1. The maximum absolute atomic E-state index is 12.1. The number of Topliss-reactive ketones (excluding diaryl/α,β-unsaturated/α-hetero) is 1. The van der Waals surface area contributed by atoms with Gasteiger partial charge in [0.15, 0.2) is 0 Å². The van der Waals surface area contributed by atoms with Crippen molar-refractivity contribution >= 4 is 29.0 Å². The molecule has 0 aliphatic carbocycles. The van der Waals surface area contributed by atoms with Crippen LogP contribution in [0.1, 0.15) is 28.2 Å². The number of carbonyl (C=O) groups is 2. The monoisotopic (exact) mass is 368 g/mol. The van der Waals surface area contributed by atoms with Crippen LogP contribution in [0.25, 0.3) is 5.69 Å². The summed E-state index contributed by atoms with van der Waals surface area (Å²) in [6.07, 6.45) is 0. The van der Waals surface area contributed by atoms with Crippen molar-refractivity contribution in [1.82, 2.24) is 14.8 Å². The molecule has 25 heavy (non-hydrogen) atoms. The highest BCUT2D eigenvalue weighted by Crippen LogP contribution is 2.27. The van der Waals surface area contributed by atoms with Crippen molar-refractivity contribution in [2.24, 2.45) is 0 Å². The highest BCUT2D eigenvalue weighted by atomic mass is 35.5. The zero-order valence-corrected chi connectivity index (χ0v) is 14.0. The van der Waals surface area contributed by atoms with Crippen LogP contribution in [0.2, 0.25) is 5.02 Å². The van der Waals surface area contributed by atoms with Gasteiger partial charge < -0.3 is 9.47 Å². The van der Waals surface area contributed by atoms with Crippen LogP contribution in [0.4, 0.5) is 5.69 Å². The van der Waals surface area contributed by atoms with Crippen LogP contribution < -0.4 is 0 Å². The van der Waals surface area contributed by atoms with Crippen LogP contribution in [-0.4, -0.2) is 51.8 Å². The summed E-state index contributed by atoms with van der Waals surface area (Å²) in [4.78, 5) is 38.5. The minimum atomic E-state index is -0.888. The topological polar surface area (TPSA) is 126 Å². The molecular weight excluding hydrogens is 356 g/mol. The number of halogens is 1. The van der Waals surface area contributed by atoms with Gasteiger partial charge in [0.25, 0.3) is 5.69 Å². The first-order valence-corrected chi connectivity index (χ1v) is 7.37. The molecule has 0 N–H and O–H groups in total. The molecule has 0 amide bonds. The van der Waals surface area contributed by atoms with Gasteiger partial charge in [-0.2, -0.15) is 9.67 Å². The van der Waals surface area contributed by atoms with E-state index in [1.54, 1.807) is 6.92 Å². The predicted octanol–water partition coefficient (Wildman–Crippen LogP) is 1.83. The maximum atomic E-state index is 12.1. The van der Waals surface area contributed by atoms with Crippen LogP contribution in [0.5, 0.6) is 0 Å². The van der Waals surface area contributed by atoms with Gasteiger partial charge in [-0.25, -0.2) is 4.79 Å². The number of aromatic nitrogens is 3. The zero-order chi connectivity index (χ0) is 18.6. The van der Waals surface area contributed by atoms with Gasteiger partial charge in [0.2, 0.25) is 17.4 Å². The highest BCUT2D eigenvalue weighted by molar-refractivity contribution is 6.30. The lowest BCUT2D eigenvalue weighted by Crippen LogP contribution is -2.14. The van der Waals surface area contributed by atoms with Crippen LogP contribution in [0, 0.1) is 10.1 Å². The molecule has 0 fully saturated rings. The van der Waals surface area contributed by atoms with Crippen molar-refractivity contribution in [1.29, 1.82) is 0 Å². The smallest absolute Gasteiger partial charge is 0.376 e. The quantitative estimate of drug-likeness (QED) is 0.313. The Hall–Kier alpha value is -2.85. The second-order valence-electron chi connectivity index (χ2n) is 4.64. The second kappa shape index (κ2) is 7.81. The molecule has 132 valence electrons. The highest BCUT2D eigenvalue weighted by Gasteiger charge is 2.27. The number of nitro benzene ring substituents is 1. The molecule has 1 aromatic heterocycles. The van der Waals surface area contributed by atoms with Gasteiger partial charge in [0.05, 0.1) is 11.5 Å². The third-order valence-electron chi connectivity index (χ3n) is 2.95. The van der Waals surface area contributed by atoms with E-state index in [-0.39, 0.29) is 41.3 Å². The number of nitrogens with zero attached hydrogens (tertiary/aromatic N) is 4. The molecule has 0 unspecified atom stereocenters. The van der Waals surface area contributed by atoms with E-state index in [1.165, 1.54) is 19.2 Å². The number of ketones is 1. The van der Waals surface area contributed by atoms with Gasteiger partial charge in [-0.05, 0) is 19.1 Å². The summed E-state index contributed by atoms with van der Waals surface area (Å²) in [6, 6.07) is 3.72. The van der Waals surface area contributed by atoms with E-state index >= 15 is 0 Å². The summed E-state index contributed by atoms with van der Waals surface area (Å²) in [5, 5.41) is 15.3. The van der Waals surface area contributed by atoms with Crippen molar-refractivity contribution in [3.63, 3.8) is 0 Å². The van der Waals surface area contributed by atoms with Gasteiger partial charge in [0, 0.05) is 18.2 Å². The molecule has 1 heterocycles. The first-order valence-electron chi connectivity index (χ1n) is 6.99. The molecule has 0 aliphatic heterocycles. The summed E-state index contributed by atoms with van der Waals surface area (Å²) >= 11 is 5.90. The fourth-order valence-corrected chi connectivity index (χ4v) is 2.11. The molecule has 0 saturated heterocycles. The van der Waals surface area contributed by atoms with E-state index in [2.05, 4.69) is 10.1 Å². The van der Waals surface area contributed by atoms with Gasteiger partial charge in [-0.15, -0.1) is 5.10 Å². The number of hydrogen-bond acceptors (Lipinski definition) is 8. The number of nitro groups is 1. The third-order valence-corrected chi connectivity index (χ3v) is 3.19. The summed E-state index contributed by atoms with van der Waals surface area (Å²) < 4.78 is 10.4. The number of esters is 1. The minimum absolute atomic E-state index is 0.0463. The molecule has 2 aromatic rings. The Morgan fingerprint density at radius 2 is 2.12 bits per heavy atom. The van der Waals surface area contributed by atoms with Crippen LogP contribution in [0.3, 0.4) is 0 Å². The van der Waals surface area contributed by atoms with E-state index in [4.69, 9.17) is 21.1 Å². The third kappa shape index (κ3) is 3.98. The number of methoxy groups -OCH3 is 1. The molecule has 11 heteroatoms. The van der Waals surface area contributed by atoms with E-state index in [1.807, 2.05) is 0 Å². The first kappa shape index (κ1) is 18.5. The number of rotatable bonds is 7. The molecule has 1 aromatic carbocycles. The standard InChI is InChI=1S/C14H13ClN4O6/c1-3-25-14(21)13-16-12(11(20)7-24-2)17-18(13)10-6-8(15)4-5-9(10)19(22)23/h4-6H,3,7H2,1-2H3. The van der Waals surface area contributed by atoms with Crippen molar-refractivity contribution < 1.29 is 24.0 Å². The van der Waals surface area contributed by atoms with E-state index in [9.17, 15) is 19.7 Å². The van der Waals surface area contributed by atoms with Crippen molar-refractivity contribution in [2.45, 2.75) is 6.92 Å². The number of hydrogen-bond donors (Lipinski definition) is 0. The Labute approximate surface area is 146 Å². The Balaban J connectivity index is 2.67. The lowest BCUT2D eigenvalue weighted by atomic mass is 10.2. The summed E-state index contributed by atoms with van der Waals surface area (Å²) in [7, 11) is 1.31. The Morgan fingerprint density at radius 3 is 2.72 bits per heavy atom. The average molecular weight is 369 g/mol. The molecule has 0 radical (unpaired) electrons. The molecule has 0 spiro atoms. The van der Waals surface area contributed by atoms with Gasteiger partial charge in [-0.3, -0.25) is 14.9 Å².